The zero-order valence-corrected chi connectivity index (χ0v) is 14.7. The number of unbranched alkanes of at least 4 members (excludes halogenated alkanes) is 2. The van der Waals surface area contributed by atoms with Crippen molar-refractivity contribution >= 4 is 28.6 Å². The van der Waals surface area contributed by atoms with Gasteiger partial charge in [0, 0.05) is 26.2 Å². The lowest BCUT2D eigenvalue weighted by molar-refractivity contribution is 0.0751. The number of aromatic nitrogens is 1. The molecule has 0 atom stereocenters. The molecule has 0 N–H and O–H groups in total. The molecule has 6 heteroatoms. The highest BCUT2D eigenvalue weighted by molar-refractivity contribution is 6.34. The summed E-state index contributed by atoms with van der Waals surface area (Å²) in [6, 6.07) is 3.19. The maximum atomic E-state index is 12.9. The number of aryl methyl sites for hydroxylation is 1. The summed E-state index contributed by atoms with van der Waals surface area (Å²) in [7, 11) is 1.61. The number of rotatable bonds is 7. The Labute approximate surface area is 140 Å². The Balaban J connectivity index is 2.38. The summed E-state index contributed by atoms with van der Waals surface area (Å²) in [5.74, 6) is -0.554. The standard InChI is InChI=1S/C17H23ClN2O3/c1-4-6-8-20(9-7-5-2)16(21)12-10-14-15(11-13(12)18)23-17(22)19(14)3/h10-11H,4-9H2,1-3H3. The van der Waals surface area contributed by atoms with Gasteiger partial charge in [0.1, 0.15) is 0 Å². The van der Waals surface area contributed by atoms with E-state index in [9.17, 15) is 9.59 Å². The maximum absolute atomic E-state index is 12.9. The van der Waals surface area contributed by atoms with Gasteiger partial charge in [0.15, 0.2) is 5.58 Å². The Kier molecular flexibility index (Phi) is 5.88. The van der Waals surface area contributed by atoms with Crippen LogP contribution in [0.2, 0.25) is 5.02 Å². The largest absolute Gasteiger partial charge is 0.419 e. The van der Waals surface area contributed by atoms with Crippen molar-refractivity contribution in [3.63, 3.8) is 0 Å². The lowest BCUT2D eigenvalue weighted by atomic mass is 10.1. The van der Waals surface area contributed by atoms with E-state index in [2.05, 4.69) is 13.8 Å². The quantitative estimate of drug-likeness (QED) is 0.771. The van der Waals surface area contributed by atoms with Gasteiger partial charge >= 0.3 is 5.76 Å². The van der Waals surface area contributed by atoms with E-state index in [1.54, 1.807) is 19.2 Å². The zero-order chi connectivity index (χ0) is 17.0. The Morgan fingerprint density at radius 2 is 1.83 bits per heavy atom. The molecule has 126 valence electrons. The first-order valence-electron chi connectivity index (χ1n) is 8.07. The van der Waals surface area contributed by atoms with Crippen LogP contribution in [0.3, 0.4) is 0 Å². The fourth-order valence-corrected chi connectivity index (χ4v) is 2.73. The second-order valence-corrected chi connectivity index (χ2v) is 6.13. The summed E-state index contributed by atoms with van der Waals surface area (Å²) in [6.45, 7) is 5.63. The summed E-state index contributed by atoms with van der Waals surface area (Å²) < 4.78 is 6.48. The average Bonchev–Trinajstić information content (AvgIpc) is 2.80. The van der Waals surface area contributed by atoms with E-state index in [4.69, 9.17) is 16.0 Å². The van der Waals surface area contributed by atoms with Crippen LogP contribution in [-0.4, -0.2) is 28.5 Å². The number of oxazole rings is 1. The molecule has 1 heterocycles. The van der Waals surface area contributed by atoms with Gasteiger partial charge in [0.25, 0.3) is 5.91 Å². The summed E-state index contributed by atoms with van der Waals surface area (Å²) in [4.78, 5) is 26.3. The van der Waals surface area contributed by atoms with Crippen molar-refractivity contribution in [1.29, 1.82) is 0 Å². The van der Waals surface area contributed by atoms with Gasteiger partial charge in [0.2, 0.25) is 0 Å². The smallest absolute Gasteiger partial charge is 0.408 e. The van der Waals surface area contributed by atoms with Gasteiger partial charge in [0.05, 0.1) is 16.1 Å². The van der Waals surface area contributed by atoms with Crippen molar-refractivity contribution in [2.24, 2.45) is 7.05 Å². The highest BCUT2D eigenvalue weighted by Crippen LogP contribution is 2.25. The topological polar surface area (TPSA) is 55.5 Å². The van der Waals surface area contributed by atoms with Crippen molar-refractivity contribution in [1.82, 2.24) is 9.47 Å². The van der Waals surface area contributed by atoms with Crippen LogP contribution in [0.15, 0.2) is 21.3 Å². The van der Waals surface area contributed by atoms with E-state index in [1.807, 2.05) is 4.90 Å². The molecule has 0 aliphatic carbocycles. The van der Waals surface area contributed by atoms with Gasteiger partial charge in [-0.1, -0.05) is 38.3 Å². The molecule has 1 amide bonds. The second-order valence-electron chi connectivity index (χ2n) is 5.73. The minimum atomic E-state index is -0.463. The van der Waals surface area contributed by atoms with Crippen LogP contribution < -0.4 is 5.76 Å². The molecule has 0 saturated heterocycles. The molecule has 0 aliphatic heterocycles. The number of hydrogen-bond acceptors (Lipinski definition) is 3. The van der Waals surface area contributed by atoms with E-state index in [0.717, 1.165) is 25.7 Å². The molecular formula is C17H23ClN2O3. The predicted octanol–water partition coefficient (Wildman–Crippen LogP) is 3.83. The van der Waals surface area contributed by atoms with Crippen molar-refractivity contribution in [2.45, 2.75) is 39.5 Å². The molecule has 0 fully saturated rings. The number of carbonyl (C=O) groups excluding carboxylic acids is 1. The van der Waals surface area contributed by atoms with Crippen LogP contribution in [0, 0.1) is 0 Å². The van der Waals surface area contributed by atoms with Crippen molar-refractivity contribution in [3.8, 4) is 0 Å². The minimum absolute atomic E-state index is 0.0903. The maximum Gasteiger partial charge on any atom is 0.419 e. The Morgan fingerprint density at radius 1 is 1.22 bits per heavy atom. The lowest BCUT2D eigenvalue weighted by Crippen LogP contribution is -2.33. The van der Waals surface area contributed by atoms with Crippen LogP contribution >= 0.6 is 11.6 Å². The summed E-state index contributed by atoms with van der Waals surface area (Å²) in [5.41, 5.74) is 1.39. The van der Waals surface area contributed by atoms with Gasteiger partial charge in [-0.2, -0.15) is 0 Å². The molecule has 5 nitrogen and oxygen atoms in total. The van der Waals surface area contributed by atoms with E-state index in [-0.39, 0.29) is 5.91 Å². The summed E-state index contributed by atoms with van der Waals surface area (Å²) >= 11 is 6.25. The number of carbonyl (C=O) groups is 1. The molecule has 0 unspecified atom stereocenters. The molecule has 0 radical (unpaired) electrons. The average molecular weight is 339 g/mol. The van der Waals surface area contributed by atoms with E-state index in [1.165, 1.54) is 4.57 Å². The van der Waals surface area contributed by atoms with Gasteiger partial charge < -0.3 is 9.32 Å². The Hall–Kier alpha value is -1.75. The highest BCUT2D eigenvalue weighted by atomic mass is 35.5. The fourth-order valence-electron chi connectivity index (χ4n) is 2.50. The van der Waals surface area contributed by atoms with Crippen molar-refractivity contribution in [3.05, 3.63) is 33.3 Å². The third-order valence-corrected chi connectivity index (χ3v) is 4.27. The molecule has 23 heavy (non-hydrogen) atoms. The van der Waals surface area contributed by atoms with E-state index in [0.29, 0.717) is 34.8 Å². The molecule has 0 spiro atoms. The zero-order valence-electron chi connectivity index (χ0n) is 13.9. The third kappa shape index (κ3) is 3.78. The van der Waals surface area contributed by atoms with Gasteiger partial charge in [-0.15, -0.1) is 0 Å². The first kappa shape index (κ1) is 17.6. The number of benzene rings is 1. The van der Waals surface area contributed by atoms with Crippen LogP contribution in [0.4, 0.5) is 0 Å². The fraction of sp³-hybridized carbons (Fsp3) is 0.529. The van der Waals surface area contributed by atoms with Gasteiger partial charge in [-0.05, 0) is 18.9 Å². The SMILES string of the molecule is CCCCN(CCCC)C(=O)c1cc2c(cc1Cl)oc(=O)n2C. The Morgan fingerprint density at radius 3 is 2.39 bits per heavy atom. The number of hydrogen-bond donors (Lipinski definition) is 0. The Bertz CT molecular complexity index is 740. The number of fused-ring (bicyclic) bond motifs is 1. The first-order valence-corrected chi connectivity index (χ1v) is 8.45. The molecule has 1 aromatic carbocycles. The molecule has 0 aliphatic rings. The lowest BCUT2D eigenvalue weighted by Gasteiger charge is -2.23. The van der Waals surface area contributed by atoms with E-state index >= 15 is 0 Å². The summed E-state index contributed by atoms with van der Waals surface area (Å²) in [6.07, 6.45) is 3.97. The molecular weight excluding hydrogens is 316 g/mol. The third-order valence-electron chi connectivity index (χ3n) is 3.96. The highest BCUT2D eigenvalue weighted by Gasteiger charge is 2.20. The molecule has 0 bridgehead atoms. The molecule has 0 saturated carbocycles. The predicted molar refractivity (Wildman–Crippen MR) is 92.2 cm³/mol. The number of nitrogens with zero attached hydrogens (tertiary/aromatic N) is 2. The molecule has 1 aromatic heterocycles. The monoisotopic (exact) mass is 338 g/mol. The number of halogens is 1. The van der Waals surface area contributed by atoms with Gasteiger partial charge in [-0.25, -0.2) is 4.79 Å². The van der Waals surface area contributed by atoms with Gasteiger partial charge in [-0.3, -0.25) is 9.36 Å². The molecule has 2 aromatic rings. The number of amides is 1. The van der Waals surface area contributed by atoms with Crippen LogP contribution in [0.1, 0.15) is 49.9 Å². The normalized spacial score (nSPS) is 11.1. The van der Waals surface area contributed by atoms with Crippen molar-refractivity contribution < 1.29 is 9.21 Å². The first-order chi connectivity index (χ1) is 11.0. The molecule has 2 rings (SSSR count). The van der Waals surface area contributed by atoms with Crippen LogP contribution in [0.5, 0.6) is 0 Å². The van der Waals surface area contributed by atoms with E-state index < -0.39 is 5.76 Å². The van der Waals surface area contributed by atoms with Crippen LogP contribution in [-0.2, 0) is 7.05 Å². The van der Waals surface area contributed by atoms with Crippen molar-refractivity contribution in [2.75, 3.05) is 13.1 Å². The minimum Gasteiger partial charge on any atom is -0.408 e. The summed E-state index contributed by atoms with van der Waals surface area (Å²) in [5, 5.41) is 0.315. The van der Waals surface area contributed by atoms with Crippen LogP contribution in [0.25, 0.3) is 11.1 Å². The second kappa shape index (κ2) is 7.68.